The summed E-state index contributed by atoms with van der Waals surface area (Å²) in [6.07, 6.45) is 0. The molecular weight excluding hydrogens is 285 g/mol. The van der Waals surface area contributed by atoms with Crippen LogP contribution in [-0.4, -0.2) is 4.98 Å². The highest BCUT2D eigenvalue weighted by Crippen LogP contribution is 2.30. The first-order chi connectivity index (χ1) is 6.21. The number of nitrogens with zero attached hydrogens (tertiary/aromatic N) is 1. The average Bonchev–Trinajstić information content (AvgIpc) is 2.01. The molecule has 0 radical (unpaired) electrons. The van der Waals surface area contributed by atoms with Crippen LogP contribution in [0.1, 0.15) is 46.0 Å². The van der Waals surface area contributed by atoms with Crippen molar-refractivity contribution < 1.29 is 0 Å². The second kappa shape index (κ2) is 3.80. The molecule has 0 aliphatic carbocycles. The molecule has 0 atom stereocenters. The van der Waals surface area contributed by atoms with Gasteiger partial charge in [-0.2, -0.15) is 0 Å². The number of rotatable bonds is 1. The Morgan fingerprint density at radius 1 is 1.00 bits per heavy atom. The van der Waals surface area contributed by atoms with E-state index >= 15 is 0 Å². The second-order valence-electron chi connectivity index (χ2n) is 5.13. The Labute approximate surface area is 100 Å². The summed E-state index contributed by atoms with van der Waals surface area (Å²) < 4.78 is 0.110. The molecule has 0 aromatic carbocycles. The Hall–Kier alpha value is -0.120. The minimum atomic E-state index is 0.110. The average molecular weight is 303 g/mol. The summed E-state index contributed by atoms with van der Waals surface area (Å²) in [6, 6.07) is 6.30. The lowest BCUT2D eigenvalue weighted by Gasteiger charge is -2.22. The molecule has 0 unspecified atom stereocenters. The smallest absolute Gasteiger partial charge is 0.0586 e. The summed E-state index contributed by atoms with van der Waals surface area (Å²) in [5, 5.41) is 0. The molecule has 0 amide bonds. The maximum atomic E-state index is 4.71. The number of aromatic nitrogens is 1. The fourth-order valence-corrected chi connectivity index (χ4v) is 1.48. The summed E-state index contributed by atoms with van der Waals surface area (Å²) in [5.74, 6) is 0. The Balaban J connectivity index is 3.15. The SMILES string of the molecule is CC(C)(C)c1cccc(C(C)(C)I)n1. The molecule has 0 spiro atoms. The van der Waals surface area contributed by atoms with E-state index < -0.39 is 0 Å². The quantitative estimate of drug-likeness (QED) is 0.563. The lowest BCUT2D eigenvalue weighted by Crippen LogP contribution is -2.17. The van der Waals surface area contributed by atoms with Crippen LogP contribution in [-0.2, 0) is 8.84 Å². The van der Waals surface area contributed by atoms with E-state index in [2.05, 4.69) is 75.4 Å². The Bertz CT molecular complexity index is 289. The third-order valence-electron chi connectivity index (χ3n) is 2.13. The molecule has 78 valence electrons. The van der Waals surface area contributed by atoms with Crippen molar-refractivity contribution in [3.63, 3.8) is 0 Å². The molecule has 0 N–H and O–H groups in total. The van der Waals surface area contributed by atoms with E-state index in [0.29, 0.717) is 0 Å². The van der Waals surface area contributed by atoms with E-state index in [0.717, 1.165) is 5.69 Å². The van der Waals surface area contributed by atoms with Crippen LogP contribution < -0.4 is 0 Å². The molecule has 0 fully saturated rings. The van der Waals surface area contributed by atoms with Crippen LogP contribution in [0.15, 0.2) is 18.2 Å². The molecule has 1 nitrogen and oxygen atoms in total. The molecule has 0 saturated carbocycles. The minimum absolute atomic E-state index is 0.110. The molecular formula is C12H18IN. The maximum absolute atomic E-state index is 4.71. The van der Waals surface area contributed by atoms with E-state index in [-0.39, 0.29) is 8.84 Å². The van der Waals surface area contributed by atoms with Gasteiger partial charge in [0.2, 0.25) is 0 Å². The van der Waals surface area contributed by atoms with Crippen LogP contribution in [0.4, 0.5) is 0 Å². The van der Waals surface area contributed by atoms with Crippen molar-refractivity contribution >= 4 is 22.6 Å². The van der Waals surface area contributed by atoms with Gasteiger partial charge in [0.05, 0.1) is 9.12 Å². The summed E-state index contributed by atoms with van der Waals surface area (Å²) in [6.45, 7) is 10.9. The van der Waals surface area contributed by atoms with Gasteiger partial charge in [-0.1, -0.05) is 49.4 Å². The lowest BCUT2D eigenvalue weighted by molar-refractivity contribution is 0.562. The Morgan fingerprint density at radius 2 is 1.50 bits per heavy atom. The topological polar surface area (TPSA) is 12.9 Å². The van der Waals surface area contributed by atoms with Crippen LogP contribution in [0.5, 0.6) is 0 Å². The van der Waals surface area contributed by atoms with E-state index in [1.807, 2.05) is 0 Å². The van der Waals surface area contributed by atoms with Gasteiger partial charge in [-0.3, -0.25) is 4.98 Å². The number of halogens is 1. The number of hydrogen-bond acceptors (Lipinski definition) is 1. The van der Waals surface area contributed by atoms with Gasteiger partial charge in [-0.25, -0.2) is 0 Å². The van der Waals surface area contributed by atoms with Crippen LogP contribution in [0.3, 0.4) is 0 Å². The van der Waals surface area contributed by atoms with Crippen molar-refractivity contribution in [2.24, 2.45) is 0 Å². The number of pyridine rings is 1. The predicted octanol–water partition coefficient (Wildman–Crippen LogP) is 4.05. The van der Waals surface area contributed by atoms with Gasteiger partial charge in [-0.05, 0) is 26.0 Å². The normalized spacial score (nSPS) is 13.0. The van der Waals surface area contributed by atoms with Crippen molar-refractivity contribution in [1.29, 1.82) is 0 Å². The van der Waals surface area contributed by atoms with E-state index in [4.69, 9.17) is 4.98 Å². The first-order valence-electron chi connectivity index (χ1n) is 4.88. The van der Waals surface area contributed by atoms with Crippen LogP contribution in [0.25, 0.3) is 0 Å². The van der Waals surface area contributed by atoms with E-state index in [1.54, 1.807) is 0 Å². The van der Waals surface area contributed by atoms with Crippen LogP contribution in [0.2, 0.25) is 0 Å². The van der Waals surface area contributed by atoms with E-state index in [9.17, 15) is 0 Å². The zero-order valence-corrected chi connectivity index (χ0v) is 11.7. The maximum Gasteiger partial charge on any atom is 0.0586 e. The third-order valence-corrected chi connectivity index (χ3v) is 2.68. The fraction of sp³-hybridized carbons (Fsp3) is 0.583. The predicted molar refractivity (Wildman–Crippen MR) is 70.0 cm³/mol. The monoisotopic (exact) mass is 303 g/mol. The zero-order valence-electron chi connectivity index (χ0n) is 9.56. The lowest BCUT2D eigenvalue weighted by atomic mass is 9.91. The largest absolute Gasteiger partial charge is 0.256 e. The second-order valence-corrected chi connectivity index (χ2v) is 7.83. The van der Waals surface area contributed by atoms with Crippen LogP contribution in [0, 0.1) is 0 Å². The Kier molecular flexibility index (Phi) is 3.24. The minimum Gasteiger partial charge on any atom is -0.256 e. The summed E-state index contributed by atoms with van der Waals surface area (Å²) in [4.78, 5) is 4.71. The van der Waals surface area contributed by atoms with Crippen molar-refractivity contribution in [1.82, 2.24) is 4.98 Å². The van der Waals surface area contributed by atoms with Crippen LogP contribution >= 0.6 is 22.6 Å². The fourth-order valence-electron chi connectivity index (χ4n) is 1.18. The summed E-state index contributed by atoms with van der Waals surface area (Å²) in [5.41, 5.74) is 2.46. The van der Waals surface area contributed by atoms with Gasteiger partial charge in [-0.15, -0.1) is 0 Å². The highest BCUT2D eigenvalue weighted by Gasteiger charge is 2.21. The first kappa shape index (κ1) is 12.0. The van der Waals surface area contributed by atoms with Gasteiger partial charge in [0.1, 0.15) is 0 Å². The highest BCUT2D eigenvalue weighted by molar-refractivity contribution is 14.1. The molecule has 1 rings (SSSR count). The van der Waals surface area contributed by atoms with Crippen molar-refractivity contribution in [3.8, 4) is 0 Å². The van der Waals surface area contributed by atoms with Gasteiger partial charge in [0.25, 0.3) is 0 Å². The summed E-state index contributed by atoms with van der Waals surface area (Å²) >= 11 is 2.42. The summed E-state index contributed by atoms with van der Waals surface area (Å²) in [7, 11) is 0. The van der Waals surface area contributed by atoms with Gasteiger partial charge >= 0.3 is 0 Å². The molecule has 1 heterocycles. The molecule has 0 bridgehead atoms. The standard InChI is InChI=1S/C12H18IN/c1-11(2,3)9-7-6-8-10(14-9)12(4,5)13/h6-8H,1-5H3. The molecule has 1 aromatic heterocycles. The third kappa shape index (κ3) is 2.94. The van der Waals surface area contributed by atoms with Gasteiger partial charge < -0.3 is 0 Å². The first-order valence-corrected chi connectivity index (χ1v) is 5.96. The number of alkyl halides is 1. The molecule has 0 aliphatic heterocycles. The molecule has 0 aliphatic rings. The zero-order chi connectivity index (χ0) is 11.0. The number of hydrogen-bond donors (Lipinski definition) is 0. The van der Waals surface area contributed by atoms with E-state index in [1.165, 1.54) is 5.69 Å². The molecule has 14 heavy (non-hydrogen) atoms. The Morgan fingerprint density at radius 3 is 1.93 bits per heavy atom. The van der Waals surface area contributed by atoms with Crippen molar-refractivity contribution in [2.75, 3.05) is 0 Å². The van der Waals surface area contributed by atoms with Crippen molar-refractivity contribution in [3.05, 3.63) is 29.6 Å². The molecule has 2 heteroatoms. The van der Waals surface area contributed by atoms with Crippen molar-refractivity contribution in [2.45, 2.75) is 43.5 Å². The molecule has 0 saturated heterocycles. The highest BCUT2D eigenvalue weighted by atomic mass is 127. The van der Waals surface area contributed by atoms with Gasteiger partial charge in [0, 0.05) is 11.1 Å². The molecule has 1 aromatic rings. The van der Waals surface area contributed by atoms with Gasteiger partial charge in [0.15, 0.2) is 0 Å².